The Balaban J connectivity index is 1.46. The summed E-state index contributed by atoms with van der Waals surface area (Å²) in [5.74, 6) is 0.794. The van der Waals surface area contributed by atoms with E-state index in [9.17, 15) is 4.79 Å². The zero-order chi connectivity index (χ0) is 19.8. The molecular weight excluding hydrogens is 354 g/mol. The zero-order valence-electron chi connectivity index (χ0n) is 16.6. The molecule has 0 aliphatic carbocycles. The average molecular weight is 383 g/mol. The number of carbonyl (C=O) groups excluding carboxylic acids is 1. The van der Waals surface area contributed by atoms with Crippen LogP contribution in [0.1, 0.15) is 41.9 Å². The molecule has 150 valence electrons. The Kier molecular flexibility index (Phi) is 6.94. The molecule has 3 N–H and O–H groups in total. The van der Waals surface area contributed by atoms with Gasteiger partial charge in [0.15, 0.2) is 11.7 Å². The number of aliphatic imine (C=N–C) groups is 1. The average Bonchev–Trinajstić information content (AvgIpc) is 3.44. The lowest BCUT2D eigenvalue weighted by Crippen LogP contribution is -2.42. The summed E-state index contributed by atoms with van der Waals surface area (Å²) in [7, 11) is 1.74. The largest absolute Gasteiger partial charge is 0.459 e. The number of hydrogen-bond donors (Lipinski definition) is 3. The van der Waals surface area contributed by atoms with Gasteiger partial charge >= 0.3 is 0 Å². The molecule has 1 aromatic heterocycles. The number of furan rings is 1. The molecule has 1 atom stereocenters. The minimum Gasteiger partial charge on any atom is -0.459 e. The number of carbonyl (C=O) groups is 1. The number of benzene rings is 1. The summed E-state index contributed by atoms with van der Waals surface area (Å²) in [5.41, 5.74) is 2.51. The Morgan fingerprint density at radius 3 is 2.68 bits per heavy atom. The molecule has 0 radical (unpaired) electrons. The molecule has 7 heteroatoms. The Morgan fingerprint density at radius 2 is 1.96 bits per heavy atom. The van der Waals surface area contributed by atoms with Gasteiger partial charge in [-0.15, -0.1) is 0 Å². The Hall–Kier alpha value is -2.96. The lowest BCUT2D eigenvalue weighted by molar-refractivity contribution is 0.0926. The Bertz CT molecular complexity index is 782. The second-order valence-corrected chi connectivity index (χ2v) is 6.89. The first-order valence-corrected chi connectivity index (χ1v) is 9.81. The summed E-state index contributed by atoms with van der Waals surface area (Å²) in [4.78, 5) is 18.5. The van der Waals surface area contributed by atoms with Crippen LogP contribution >= 0.6 is 0 Å². The molecule has 28 heavy (non-hydrogen) atoms. The van der Waals surface area contributed by atoms with Crippen molar-refractivity contribution in [2.24, 2.45) is 4.99 Å². The van der Waals surface area contributed by atoms with E-state index in [1.807, 2.05) is 0 Å². The van der Waals surface area contributed by atoms with Gasteiger partial charge in [-0.25, -0.2) is 0 Å². The van der Waals surface area contributed by atoms with Crippen LogP contribution in [0.15, 0.2) is 52.1 Å². The van der Waals surface area contributed by atoms with Gasteiger partial charge < -0.3 is 25.3 Å². The molecule has 2 heterocycles. The molecule has 7 nitrogen and oxygen atoms in total. The van der Waals surface area contributed by atoms with Crippen LogP contribution in [0.4, 0.5) is 5.69 Å². The van der Waals surface area contributed by atoms with E-state index in [-0.39, 0.29) is 11.9 Å². The van der Waals surface area contributed by atoms with Crippen LogP contribution in [0.5, 0.6) is 0 Å². The highest BCUT2D eigenvalue weighted by molar-refractivity contribution is 5.91. The molecule has 0 spiro atoms. The third kappa shape index (κ3) is 5.28. The summed E-state index contributed by atoms with van der Waals surface area (Å²) in [6.45, 7) is 5.43. The van der Waals surface area contributed by atoms with Crippen LogP contribution in [-0.2, 0) is 0 Å². The molecule has 1 amide bonds. The van der Waals surface area contributed by atoms with Crippen molar-refractivity contribution in [3.05, 3.63) is 54.0 Å². The highest BCUT2D eigenvalue weighted by Gasteiger charge is 2.14. The van der Waals surface area contributed by atoms with Crippen LogP contribution in [0.3, 0.4) is 0 Å². The number of rotatable bonds is 7. The standard InChI is InChI=1S/C21H29N5O2/c1-16(17-7-5-8-18(15-17)26-12-3-4-13-26)25-21(22-2)24-11-10-23-20(27)19-9-6-14-28-19/h5-9,14-16H,3-4,10-13H2,1-2H3,(H,23,27)(H2,22,24,25). The van der Waals surface area contributed by atoms with Crippen molar-refractivity contribution in [3.8, 4) is 0 Å². The van der Waals surface area contributed by atoms with Gasteiger partial charge in [-0.3, -0.25) is 9.79 Å². The van der Waals surface area contributed by atoms with E-state index >= 15 is 0 Å². The molecule has 1 fully saturated rings. The fourth-order valence-corrected chi connectivity index (χ4v) is 3.30. The molecule has 1 aromatic carbocycles. The van der Waals surface area contributed by atoms with Crippen LogP contribution in [-0.4, -0.2) is 45.1 Å². The van der Waals surface area contributed by atoms with Gasteiger partial charge in [-0.1, -0.05) is 12.1 Å². The number of guanidine groups is 1. The second kappa shape index (κ2) is 9.82. The molecule has 1 saturated heterocycles. The van der Waals surface area contributed by atoms with Crippen molar-refractivity contribution >= 4 is 17.6 Å². The number of nitrogens with one attached hydrogen (secondary N) is 3. The van der Waals surface area contributed by atoms with Crippen molar-refractivity contribution in [2.45, 2.75) is 25.8 Å². The van der Waals surface area contributed by atoms with Crippen LogP contribution in [0.2, 0.25) is 0 Å². The molecule has 2 aromatic rings. The molecular formula is C21H29N5O2. The van der Waals surface area contributed by atoms with E-state index < -0.39 is 0 Å². The van der Waals surface area contributed by atoms with Crippen molar-refractivity contribution in [3.63, 3.8) is 0 Å². The van der Waals surface area contributed by atoms with E-state index in [4.69, 9.17) is 4.42 Å². The normalized spacial score (nSPS) is 15.4. The highest BCUT2D eigenvalue weighted by Crippen LogP contribution is 2.23. The number of anilines is 1. The first kappa shape index (κ1) is 19.8. The summed E-state index contributed by atoms with van der Waals surface area (Å²) in [6, 6.07) is 12.1. The highest BCUT2D eigenvalue weighted by atomic mass is 16.3. The fraction of sp³-hybridized carbons (Fsp3) is 0.429. The quantitative estimate of drug-likeness (QED) is 0.389. The zero-order valence-corrected chi connectivity index (χ0v) is 16.6. The van der Waals surface area contributed by atoms with Crippen LogP contribution < -0.4 is 20.9 Å². The first-order chi connectivity index (χ1) is 13.7. The van der Waals surface area contributed by atoms with Crippen LogP contribution in [0, 0.1) is 0 Å². The summed E-state index contributed by atoms with van der Waals surface area (Å²) >= 11 is 0. The molecule has 1 aliphatic rings. The molecule has 0 saturated carbocycles. The van der Waals surface area contributed by atoms with E-state index in [1.54, 1.807) is 19.2 Å². The maximum absolute atomic E-state index is 11.8. The fourth-order valence-electron chi connectivity index (χ4n) is 3.30. The minimum atomic E-state index is -0.221. The third-order valence-corrected chi connectivity index (χ3v) is 4.87. The van der Waals surface area contributed by atoms with E-state index in [2.05, 4.69) is 57.0 Å². The first-order valence-electron chi connectivity index (χ1n) is 9.81. The predicted molar refractivity (Wildman–Crippen MR) is 112 cm³/mol. The van der Waals surface area contributed by atoms with Crippen molar-refractivity contribution in [2.75, 3.05) is 38.1 Å². The number of amides is 1. The maximum atomic E-state index is 11.8. The predicted octanol–water partition coefficient (Wildman–Crippen LogP) is 2.54. The molecule has 1 unspecified atom stereocenters. The Labute approximate surface area is 166 Å². The second-order valence-electron chi connectivity index (χ2n) is 6.89. The number of hydrogen-bond acceptors (Lipinski definition) is 4. The summed E-state index contributed by atoms with van der Waals surface area (Å²) in [5, 5.41) is 9.43. The van der Waals surface area contributed by atoms with Gasteiger partial charge in [0, 0.05) is 38.9 Å². The van der Waals surface area contributed by atoms with Gasteiger partial charge in [-0.05, 0) is 49.6 Å². The summed E-state index contributed by atoms with van der Waals surface area (Å²) < 4.78 is 5.07. The molecule has 1 aliphatic heterocycles. The molecule has 0 bridgehead atoms. The maximum Gasteiger partial charge on any atom is 0.287 e. The van der Waals surface area contributed by atoms with Crippen LogP contribution in [0.25, 0.3) is 0 Å². The third-order valence-electron chi connectivity index (χ3n) is 4.87. The lowest BCUT2D eigenvalue weighted by Gasteiger charge is -2.22. The number of nitrogens with zero attached hydrogens (tertiary/aromatic N) is 2. The van der Waals surface area contributed by atoms with E-state index in [0.29, 0.717) is 24.8 Å². The van der Waals surface area contributed by atoms with E-state index in [1.165, 1.54) is 30.4 Å². The van der Waals surface area contributed by atoms with Crippen molar-refractivity contribution < 1.29 is 9.21 Å². The van der Waals surface area contributed by atoms with Gasteiger partial charge in [0.05, 0.1) is 12.3 Å². The Morgan fingerprint density at radius 1 is 1.18 bits per heavy atom. The van der Waals surface area contributed by atoms with Crippen molar-refractivity contribution in [1.29, 1.82) is 0 Å². The van der Waals surface area contributed by atoms with E-state index in [0.717, 1.165) is 13.1 Å². The smallest absolute Gasteiger partial charge is 0.287 e. The lowest BCUT2D eigenvalue weighted by atomic mass is 10.1. The van der Waals surface area contributed by atoms with Gasteiger partial charge in [0.2, 0.25) is 0 Å². The minimum absolute atomic E-state index is 0.117. The topological polar surface area (TPSA) is 81.9 Å². The SMILES string of the molecule is CN=C(NCCNC(=O)c1ccco1)NC(C)c1cccc(N2CCCC2)c1. The van der Waals surface area contributed by atoms with Gasteiger partial charge in [0.1, 0.15) is 0 Å². The monoisotopic (exact) mass is 383 g/mol. The van der Waals surface area contributed by atoms with Gasteiger partial charge in [-0.2, -0.15) is 0 Å². The summed E-state index contributed by atoms with van der Waals surface area (Å²) in [6.07, 6.45) is 4.02. The molecule has 3 rings (SSSR count). The van der Waals surface area contributed by atoms with Gasteiger partial charge in [0.25, 0.3) is 5.91 Å². The van der Waals surface area contributed by atoms with Crippen molar-refractivity contribution in [1.82, 2.24) is 16.0 Å².